The largest absolute Gasteiger partial charge is 0.352 e. The van der Waals surface area contributed by atoms with Gasteiger partial charge in [0, 0.05) is 43.9 Å². The molecule has 4 rings (SSSR count). The zero-order valence-electron chi connectivity index (χ0n) is 18.7. The van der Waals surface area contributed by atoms with Gasteiger partial charge in [0.15, 0.2) is 5.82 Å². The summed E-state index contributed by atoms with van der Waals surface area (Å²) < 4.78 is 0. The summed E-state index contributed by atoms with van der Waals surface area (Å²) in [7, 11) is 0. The van der Waals surface area contributed by atoms with Crippen LogP contribution >= 0.6 is 0 Å². The Morgan fingerprint density at radius 1 is 0.853 bits per heavy atom. The third-order valence-electron chi connectivity index (χ3n) is 5.77. The van der Waals surface area contributed by atoms with Crippen LogP contribution in [0.3, 0.4) is 0 Å². The van der Waals surface area contributed by atoms with Crippen LogP contribution in [-0.4, -0.2) is 57.0 Å². The Morgan fingerprint density at radius 2 is 1.50 bits per heavy atom. The second-order valence-electron chi connectivity index (χ2n) is 8.13. The number of carbonyl (C=O) groups excluding carboxylic acids is 1. The number of hydrogen-bond donors (Lipinski definition) is 0. The van der Waals surface area contributed by atoms with Crippen LogP contribution in [0, 0.1) is 34.1 Å². The van der Waals surface area contributed by atoms with Crippen LogP contribution in [0.5, 0.6) is 0 Å². The smallest absolute Gasteiger partial charge is 0.277 e. The number of piperazine rings is 1. The molecule has 34 heavy (non-hydrogen) atoms. The normalized spacial score (nSPS) is 13.6. The average molecular weight is 462 g/mol. The van der Waals surface area contributed by atoms with Gasteiger partial charge in [-0.25, -0.2) is 0 Å². The van der Waals surface area contributed by atoms with E-state index >= 15 is 0 Å². The van der Waals surface area contributed by atoms with Crippen molar-refractivity contribution < 1.29 is 14.6 Å². The minimum atomic E-state index is -0.748. The monoisotopic (exact) mass is 462 g/mol. The minimum absolute atomic E-state index is 0.0769. The topological polar surface area (TPSA) is 136 Å². The summed E-state index contributed by atoms with van der Waals surface area (Å²) >= 11 is 0. The molecule has 0 aliphatic carbocycles. The van der Waals surface area contributed by atoms with Crippen molar-refractivity contribution in [3.63, 3.8) is 0 Å². The zero-order chi connectivity index (χ0) is 24.4. The predicted octanol–water partition coefficient (Wildman–Crippen LogP) is 3.54. The molecule has 1 aliphatic rings. The molecule has 0 bridgehead atoms. The van der Waals surface area contributed by atoms with E-state index in [0.717, 1.165) is 35.0 Å². The number of benzene rings is 2. The molecule has 1 saturated heterocycles. The van der Waals surface area contributed by atoms with Crippen LogP contribution in [-0.2, 0) is 0 Å². The molecule has 0 N–H and O–H groups in total. The van der Waals surface area contributed by atoms with Crippen LogP contribution in [0.25, 0.3) is 11.3 Å². The maximum absolute atomic E-state index is 12.9. The first-order valence-corrected chi connectivity index (χ1v) is 10.6. The van der Waals surface area contributed by atoms with E-state index in [9.17, 15) is 25.0 Å². The van der Waals surface area contributed by atoms with Crippen molar-refractivity contribution in [1.29, 1.82) is 0 Å². The molecule has 0 atom stereocenters. The Labute approximate surface area is 194 Å². The van der Waals surface area contributed by atoms with Crippen molar-refractivity contribution in [1.82, 2.24) is 15.1 Å². The summed E-state index contributed by atoms with van der Waals surface area (Å²) in [5.41, 5.74) is 3.04. The maximum Gasteiger partial charge on any atom is 0.277 e. The van der Waals surface area contributed by atoms with Crippen LogP contribution in [0.2, 0.25) is 0 Å². The lowest BCUT2D eigenvalue weighted by molar-refractivity contribution is -0.394. The number of hydrogen-bond acceptors (Lipinski definition) is 8. The SMILES string of the molecule is Cc1ccc(-c2ccc(N3CCN(C(=O)c4cc([N+](=O)[O-])cc([N+](=O)[O-])c4)CC3)nn2)c(C)c1. The van der Waals surface area contributed by atoms with Gasteiger partial charge in [0.2, 0.25) is 0 Å². The third kappa shape index (κ3) is 4.68. The molecule has 11 heteroatoms. The Morgan fingerprint density at radius 3 is 2.03 bits per heavy atom. The van der Waals surface area contributed by atoms with E-state index in [1.165, 1.54) is 10.5 Å². The molecule has 0 unspecified atom stereocenters. The van der Waals surface area contributed by atoms with Gasteiger partial charge in [-0.3, -0.25) is 25.0 Å². The number of nitro benzene ring substituents is 2. The van der Waals surface area contributed by atoms with Gasteiger partial charge in [0.1, 0.15) is 0 Å². The fraction of sp³-hybridized carbons (Fsp3) is 0.261. The first-order valence-electron chi connectivity index (χ1n) is 10.6. The Balaban J connectivity index is 1.45. The molecular weight excluding hydrogens is 440 g/mol. The Bertz CT molecular complexity index is 1240. The number of carbonyl (C=O) groups is 1. The molecule has 1 fully saturated rings. The Hall–Kier alpha value is -4.41. The van der Waals surface area contributed by atoms with Crippen LogP contribution < -0.4 is 4.90 Å². The summed E-state index contributed by atoms with van der Waals surface area (Å²) in [4.78, 5) is 37.1. The number of amides is 1. The van der Waals surface area contributed by atoms with Crippen LogP contribution in [0.4, 0.5) is 17.2 Å². The van der Waals surface area contributed by atoms with E-state index in [-0.39, 0.29) is 5.56 Å². The molecule has 1 amide bonds. The Kier molecular flexibility index (Phi) is 6.17. The van der Waals surface area contributed by atoms with Gasteiger partial charge in [-0.05, 0) is 31.5 Å². The molecule has 2 heterocycles. The molecule has 0 saturated carbocycles. The van der Waals surface area contributed by atoms with Crippen molar-refractivity contribution >= 4 is 23.1 Å². The lowest BCUT2D eigenvalue weighted by atomic mass is 10.0. The highest BCUT2D eigenvalue weighted by atomic mass is 16.6. The second kappa shape index (κ2) is 9.22. The molecule has 174 valence electrons. The molecular formula is C23H22N6O5. The van der Waals surface area contributed by atoms with Crippen LogP contribution in [0.1, 0.15) is 21.5 Å². The fourth-order valence-corrected chi connectivity index (χ4v) is 3.99. The first-order chi connectivity index (χ1) is 16.2. The number of nitrogens with zero attached hydrogens (tertiary/aromatic N) is 6. The number of rotatable bonds is 5. The van der Waals surface area contributed by atoms with Gasteiger partial charge in [-0.15, -0.1) is 10.2 Å². The quantitative estimate of drug-likeness (QED) is 0.415. The molecule has 2 aromatic carbocycles. The molecule has 3 aromatic rings. The fourth-order valence-electron chi connectivity index (χ4n) is 3.99. The number of aromatic nitrogens is 2. The molecule has 0 radical (unpaired) electrons. The predicted molar refractivity (Wildman–Crippen MR) is 125 cm³/mol. The lowest BCUT2D eigenvalue weighted by Gasteiger charge is -2.35. The van der Waals surface area contributed by atoms with E-state index in [2.05, 4.69) is 16.3 Å². The van der Waals surface area contributed by atoms with Gasteiger partial charge in [0.25, 0.3) is 17.3 Å². The maximum atomic E-state index is 12.9. The highest BCUT2D eigenvalue weighted by Gasteiger charge is 2.26. The first kappa shape index (κ1) is 22.8. The molecule has 0 spiro atoms. The molecule has 1 aliphatic heterocycles. The van der Waals surface area contributed by atoms with Crippen molar-refractivity contribution in [2.75, 3.05) is 31.1 Å². The average Bonchev–Trinajstić information content (AvgIpc) is 2.83. The zero-order valence-corrected chi connectivity index (χ0v) is 18.7. The number of anilines is 1. The number of aryl methyl sites for hydroxylation is 2. The van der Waals surface area contributed by atoms with Gasteiger partial charge >= 0.3 is 0 Å². The summed E-state index contributed by atoms with van der Waals surface area (Å²) in [5, 5.41) is 31.0. The number of nitro groups is 2. The van der Waals surface area contributed by atoms with E-state index < -0.39 is 27.1 Å². The van der Waals surface area contributed by atoms with E-state index in [1.54, 1.807) is 0 Å². The van der Waals surface area contributed by atoms with Crippen molar-refractivity contribution in [3.8, 4) is 11.3 Å². The van der Waals surface area contributed by atoms with Gasteiger partial charge < -0.3 is 9.80 Å². The van der Waals surface area contributed by atoms with Crippen molar-refractivity contribution in [2.24, 2.45) is 0 Å². The second-order valence-corrected chi connectivity index (χ2v) is 8.13. The van der Waals surface area contributed by atoms with Crippen LogP contribution in [0.15, 0.2) is 48.5 Å². The van der Waals surface area contributed by atoms with E-state index in [1.807, 2.05) is 43.0 Å². The summed E-state index contributed by atoms with van der Waals surface area (Å²) in [5.74, 6) is 0.203. The number of non-ortho nitro benzene ring substituents is 2. The summed E-state index contributed by atoms with van der Waals surface area (Å²) in [6.45, 7) is 5.73. The van der Waals surface area contributed by atoms with Gasteiger partial charge in [-0.2, -0.15) is 0 Å². The third-order valence-corrected chi connectivity index (χ3v) is 5.77. The highest BCUT2D eigenvalue weighted by molar-refractivity contribution is 5.95. The van der Waals surface area contributed by atoms with Crippen molar-refractivity contribution in [2.45, 2.75) is 13.8 Å². The van der Waals surface area contributed by atoms with E-state index in [4.69, 9.17) is 0 Å². The molecule has 1 aromatic heterocycles. The molecule has 11 nitrogen and oxygen atoms in total. The van der Waals surface area contributed by atoms with Gasteiger partial charge in [0.05, 0.1) is 27.2 Å². The highest BCUT2D eigenvalue weighted by Crippen LogP contribution is 2.26. The lowest BCUT2D eigenvalue weighted by Crippen LogP contribution is -2.49. The summed E-state index contributed by atoms with van der Waals surface area (Å²) in [6.07, 6.45) is 0. The summed E-state index contributed by atoms with van der Waals surface area (Å²) in [6, 6.07) is 12.9. The standard InChI is InChI=1S/C23H22N6O5/c1-15-3-4-20(16(2)11-15)21-5-6-22(25-24-21)26-7-9-27(10-8-26)23(30)17-12-18(28(31)32)14-19(13-17)29(33)34/h3-6,11-14H,7-10H2,1-2H3. The minimum Gasteiger partial charge on any atom is -0.352 e. The van der Waals surface area contributed by atoms with Gasteiger partial charge in [-0.1, -0.05) is 23.8 Å². The van der Waals surface area contributed by atoms with E-state index in [0.29, 0.717) is 32.0 Å². The van der Waals surface area contributed by atoms with Crippen molar-refractivity contribution in [3.05, 3.63) is 85.4 Å².